The molecule has 2 heterocycles. The number of hydrogen-bond donors (Lipinski definition) is 3. The number of rotatable bonds is 11. The van der Waals surface area contributed by atoms with E-state index in [4.69, 9.17) is 4.74 Å². The summed E-state index contributed by atoms with van der Waals surface area (Å²) in [6, 6.07) is 4.07. The second kappa shape index (κ2) is 10.7. The first-order valence-electron chi connectivity index (χ1n) is 10.7. The van der Waals surface area contributed by atoms with Gasteiger partial charge in [-0.05, 0) is 38.5 Å². The van der Waals surface area contributed by atoms with E-state index in [1.54, 1.807) is 18.4 Å². The average Bonchev–Trinajstić information content (AvgIpc) is 2.70. The van der Waals surface area contributed by atoms with Crippen LogP contribution in [0.3, 0.4) is 0 Å². The summed E-state index contributed by atoms with van der Waals surface area (Å²) in [5.41, 5.74) is 1.30. The number of nitrogens with one attached hydrogen (secondary N) is 1. The van der Waals surface area contributed by atoms with Crippen LogP contribution in [0.2, 0.25) is 0 Å². The first-order chi connectivity index (χ1) is 14.9. The van der Waals surface area contributed by atoms with Crippen molar-refractivity contribution < 1.29 is 19.9 Å². The summed E-state index contributed by atoms with van der Waals surface area (Å²) in [7, 11) is 0. The van der Waals surface area contributed by atoms with Crippen molar-refractivity contribution >= 4 is 11.4 Å². The van der Waals surface area contributed by atoms with E-state index < -0.39 is 18.2 Å². The number of nitro groups is 1. The topological polar surface area (TPSA) is 138 Å². The predicted octanol–water partition coefficient (Wildman–Crippen LogP) is 2.71. The van der Waals surface area contributed by atoms with Gasteiger partial charge >= 0.3 is 0 Å². The summed E-state index contributed by atoms with van der Waals surface area (Å²) in [5.74, 6) is 0. The standard InChI is InChI=1S/C21H30N4O6/c1-14-20(23-28)21(27)18(26)13-24(14)10-5-3-2-4-9-22-16-7-6-15(19-8-11-31-19)12-17(16)25(29)30/h6-8,11-12,14,18-22,26-27H,2-5,9-10,13H2,1H3/t14?,18-,19?,20?,21+/m0/s1. The Morgan fingerprint density at radius 2 is 2.03 bits per heavy atom. The fraction of sp³-hybridized carbons (Fsp3) is 0.619. The van der Waals surface area contributed by atoms with Crippen LogP contribution in [0.4, 0.5) is 11.4 Å². The SMILES string of the molecule is CC1C(N=O)[C@H](O)[C@@H](O)CN1CCCCCCNc1ccc(C2C=CO2)cc1[N+](=O)[O-]. The maximum absolute atomic E-state index is 11.4. The van der Waals surface area contributed by atoms with Crippen molar-refractivity contribution in [2.75, 3.05) is 25.0 Å². The highest BCUT2D eigenvalue weighted by atomic mass is 16.6. The number of aliphatic hydroxyl groups excluding tert-OH is 2. The van der Waals surface area contributed by atoms with E-state index in [0.717, 1.165) is 37.8 Å². The van der Waals surface area contributed by atoms with E-state index in [-0.39, 0.29) is 22.8 Å². The zero-order valence-corrected chi connectivity index (χ0v) is 17.6. The highest BCUT2D eigenvalue weighted by Gasteiger charge is 2.40. The van der Waals surface area contributed by atoms with Crippen molar-refractivity contribution in [3.05, 3.63) is 51.1 Å². The van der Waals surface area contributed by atoms with Gasteiger partial charge in [0.15, 0.2) is 0 Å². The van der Waals surface area contributed by atoms with Crippen molar-refractivity contribution in [2.24, 2.45) is 5.18 Å². The van der Waals surface area contributed by atoms with Gasteiger partial charge in [0.25, 0.3) is 5.69 Å². The summed E-state index contributed by atoms with van der Waals surface area (Å²) in [6.07, 6.45) is 4.79. The third kappa shape index (κ3) is 5.57. The van der Waals surface area contributed by atoms with E-state index in [1.807, 2.05) is 24.0 Å². The zero-order chi connectivity index (χ0) is 22.4. The molecule has 0 aliphatic carbocycles. The molecule has 10 nitrogen and oxygen atoms in total. The molecule has 2 aliphatic rings. The molecule has 0 amide bonds. The third-order valence-corrected chi connectivity index (χ3v) is 6.07. The fourth-order valence-corrected chi connectivity index (χ4v) is 4.08. The monoisotopic (exact) mass is 434 g/mol. The van der Waals surface area contributed by atoms with Crippen molar-refractivity contribution in [1.29, 1.82) is 0 Å². The van der Waals surface area contributed by atoms with E-state index in [2.05, 4.69) is 10.5 Å². The molecule has 0 aromatic heterocycles. The summed E-state index contributed by atoms with van der Waals surface area (Å²) < 4.78 is 5.23. The van der Waals surface area contributed by atoms with E-state index >= 15 is 0 Å². The van der Waals surface area contributed by atoms with Crippen LogP contribution < -0.4 is 5.32 Å². The number of β-amino-alcohol motifs (C(OH)–C–C–N with tert-alkyl or cyclic N) is 1. The molecule has 3 unspecified atom stereocenters. The van der Waals surface area contributed by atoms with Gasteiger partial charge in [-0.1, -0.05) is 24.1 Å². The van der Waals surface area contributed by atoms with Crippen LogP contribution in [0.5, 0.6) is 0 Å². The second-order valence-electron chi connectivity index (χ2n) is 8.15. The number of nitroso groups, excluding NO2 is 1. The van der Waals surface area contributed by atoms with Gasteiger partial charge < -0.3 is 20.3 Å². The lowest BCUT2D eigenvalue weighted by molar-refractivity contribution is -0.384. The molecule has 1 aromatic rings. The van der Waals surface area contributed by atoms with Crippen molar-refractivity contribution in [3.8, 4) is 0 Å². The number of anilines is 1. The lowest BCUT2D eigenvalue weighted by Crippen LogP contribution is -2.59. The van der Waals surface area contributed by atoms with Crippen LogP contribution in [-0.4, -0.2) is 64.0 Å². The minimum absolute atomic E-state index is 0.0413. The molecule has 0 bridgehead atoms. The lowest BCUT2D eigenvalue weighted by Gasteiger charge is -2.41. The summed E-state index contributed by atoms with van der Waals surface area (Å²) in [6.45, 7) is 3.52. The molecule has 31 heavy (non-hydrogen) atoms. The quantitative estimate of drug-likeness (QED) is 0.209. The first-order valence-corrected chi connectivity index (χ1v) is 10.7. The molecule has 0 saturated carbocycles. The summed E-state index contributed by atoms with van der Waals surface area (Å²) >= 11 is 0. The predicted molar refractivity (Wildman–Crippen MR) is 116 cm³/mol. The molecular weight excluding hydrogens is 404 g/mol. The lowest BCUT2D eigenvalue weighted by atomic mass is 9.93. The molecule has 3 N–H and O–H groups in total. The molecule has 2 aliphatic heterocycles. The molecule has 1 aromatic carbocycles. The average molecular weight is 434 g/mol. The number of nitro benzene ring substituents is 1. The van der Waals surface area contributed by atoms with E-state index in [0.29, 0.717) is 18.8 Å². The Hall–Kier alpha value is -2.56. The molecule has 170 valence electrons. The maximum atomic E-state index is 11.4. The molecule has 0 spiro atoms. The van der Waals surface area contributed by atoms with Gasteiger partial charge in [-0.2, -0.15) is 4.91 Å². The van der Waals surface area contributed by atoms with E-state index in [9.17, 15) is 25.2 Å². The van der Waals surface area contributed by atoms with Gasteiger partial charge in [0.2, 0.25) is 0 Å². The van der Waals surface area contributed by atoms with Crippen LogP contribution >= 0.6 is 0 Å². The minimum atomic E-state index is -1.11. The molecule has 10 heteroatoms. The van der Waals surface area contributed by atoms with Crippen molar-refractivity contribution in [3.63, 3.8) is 0 Å². The Bertz CT molecular complexity index is 804. The molecule has 0 radical (unpaired) electrons. The Morgan fingerprint density at radius 3 is 2.68 bits per heavy atom. The van der Waals surface area contributed by atoms with Gasteiger partial charge in [0.05, 0.1) is 17.3 Å². The van der Waals surface area contributed by atoms with Crippen LogP contribution in [0.15, 0.2) is 35.7 Å². The molecule has 5 atom stereocenters. The van der Waals surface area contributed by atoms with Crippen LogP contribution in [-0.2, 0) is 4.74 Å². The van der Waals surface area contributed by atoms with Crippen LogP contribution in [0, 0.1) is 15.0 Å². The fourth-order valence-electron chi connectivity index (χ4n) is 4.08. The number of aliphatic hydroxyl groups is 2. The Balaban J connectivity index is 1.37. The van der Waals surface area contributed by atoms with Gasteiger partial charge in [-0.25, -0.2) is 0 Å². The molecular formula is C21H30N4O6. The summed E-state index contributed by atoms with van der Waals surface area (Å²) in [4.78, 5) is 24.0. The van der Waals surface area contributed by atoms with Crippen LogP contribution in [0.25, 0.3) is 0 Å². The van der Waals surface area contributed by atoms with Crippen molar-refractivity contribution in [1.82, 2.24) is 4.90 Å². The van der Waals surface area contributed by atoms with Gasteiger partial charge in [-0.3, -0.25) is 15.0 Å². The van der Waals surface area contributed by atoms with Gasteiger partial charge in [0, 0.05) is 30.8 Å². The molecule has 3 rings (SSSR count). The number of nitrogens with zero attached hydrogens (tertiary/aromatic N) is 3. The zero-order valence-electron chi connectivity index (χ0n) is 17.6. The van der Waals surface area contributed by atoms with Crippen LogP contribution in [0.1, 0.15) is 44.3 Å². The number of piperidine rings is 1. The normalized spacial score (nSPS) is 27.9. The second-order valence-corrected chi connectivity index (χ2v) is 8.15. The highest BCUT2D eigenvalue weighted by molar-refractivity contribution is 5.63. The van der Waals surface area contributed by atoms with E-state index in [1.165, 1.54) is 0 Å². The maximum Gasteiger partial charge on any atom is 0.292 e. The Kier molecular flexibility index (Phi) is 7.94. The number of benzene rings is 1. The number of likely N-dealkylation sites (tertiary alicyclic amines) is 1. The van der Waals surface area contributed by atoms with Gasteiger partial charge in [0.1, 0.15) is 23.9 Å². The first kappa shape index (κ1) is 23.1. The molecule has 1 fully saturated rings. The number of ether oxygens (including phenoxy) is 1. The summed E-state index contributed by atoms with van der Waals surface area (Å²) in [5, 5.41) is 37.3. The van der Waals surface area contributed by atoms with Crippen molar-refractivity contribution in [2.45, 2.75) is 63.0 Å². The largest absolute Gasteiger partial charge is 0.489 e. The highest BCUT2D eigenvalue weighted by Crippen LogP contribution is 2.32. The number of unbranched alkanes of at least 4 members (excludes halogenated alkanes) is 3. The third-order valence-electron chi connectivity index (χ3n) is 6.07. The Morgan fingerprint density at radius 1 is 1.29 bits per heavy atom. The number of hydrogen-bond acceptors (Lipinski definition) is 9. The minimum Gasteiger partial charge on any atom is -0.489 e. The smallest absolute Gasteiger partial charge is 0.292 e. The Labute approximate surface area is 181 Å². The van der Waals surface area contributed by atoms with Gasteiger partial charge in [-0.15, -0.1) is 0 Å². The molecule has 1 saturated heterocycles.